The van der Waals surface area contributed by atoms with E-state index in [1.165, 1.54) is 18.2 Å². The first-order valence-electron chi connectivity index (χ1n) is 8.83. The molecule has 1 aromatic carbocycles. The smallest absolute Gasteiger partial charge is 0.254 e. The van der Waals surface area contributed by atoms with E-state index < -0.39 is 17.8 Å². The monoisotopic (exact) mass is 373 g/mol. The van der Waals surface area contributed by atoms with Crippen LogP contribution in [0, 0.1) is 11.7 Å². The van der Waals surface area contributed by atoms with Crippen LogP contribution in [-0.2, 0) is 11.3 Å². The zero-order valence-electron chi connectivity index (χ0n) is 15.7. The number of pyridine rings is 1. The van der Waals surface area contributed by atoms with Gasteiger partial charge >= 0.3 is 0 Å². The zero-order valence-corrected chi connectivity index (χ0v) is 15.7. The fourth-order valence-corrected chi connectivity index (χ4v) is 2.52. The second-order valence-corrected chi connectivity index (χ2v) is 6.29. The van der Waals surface area contributed by atoms with E-state index >= 15 is 0 Å². The Kier molecular flexibility index (Phi) is 7.28. The zero-order chi connectivity index (χ0) is 19.8. The second kappa shape index (κ2) is 9.66. The molecule has 0 spiro atoms. The van der Waals surface area contributed by atoms with Crippen molar-refractivity contribution < 1.29 is 18.7 Å². The highest BCUT2D eigenvalue weighted by molar-refractivity contribution is 5.97. The second-order valence-electron chi connectivity index (χ2n) is 6.29. The molecule has 27 heavy (non-hydrogen) atoms. The van der Waals surface area contributed by atoms with Crippen LogP contribution in [0.3, 0.4) is 0 Å². The van der Waals surface area contributed by atoms with Crippen LogP contribution in [0.4, 0.5) is 4.39 Å². The summed E-state index contributed by atoms with van der Waals surface area (Å²) in [6.45, 7) is 6.14. The number of hydrogen-bond donors (Lipinski definition) is 2. The predicted octanol–water partition coefficient (Wildman–Crippen LogP) is 2.69. The minimum atomic E-state index is -0.802. The Hall–Kier alpha value is -2.96. The van der Waals surface area contributed by atoms with Crippen LogP contribution in [0.15, 0.2) is 42.6 Å². The topological polar surface area (TPSA) is 80.3 Å². The third-order valence-corrected chi connectivity index (χ3v) is 3.94. The summed E-state index contributed by atoms with van der Waals surface area (Å²) in [5.74, 6) is -1.34. The van der Waals surface area contributed by atoms with Gasteiger partial charge in [-0.3, -0.25) is 9.59 Å². The highest BCUT2D eigenvalue weighted by atomic mass is 19.1. The maximum absolute atomic E-state index is 13.8. The molecule has 7 heteroatoms. The van der Waals surface area contributed by atoms with Crippen LogP contribution in [0.25, 0.3) is 0 Å². The number of carbonyl (C=O) groups is 2. The van der Waals surface area contributed by atoms with E-state index in [1.807, 2.05) is 20.8 Å². The quantitative estimate of drug-likeness (QED) is 0.746. The summed E-state index contributed by atoms with van der Waals surface area (Å²) in [6.07, 6.45) is 1.61. The van der Waals surface area contributed by atoms with Gasteiger partial charge in [-0.05, 0) is 31.0 Å². The van der Waals surface area contributed by atoms with Crippen molar-refractivity contribution in [3.63, 3.8) is 0 Å². The van der Waals surface area contributed by atoms with Gasteiger partial charge in [-0.1, -0.05) is 32.0 Å². The number of benzene rings is 1. The maximum Gasteiger partial charge on any atom is 0.254 e. The lowest BCUT2D eigenvalue weighted by molar-refractivity contribution is -0.124. The van der Waals surface area contributed by atoms with Gasteiger partial charge in [-0.2, -0.15) is 0 Å². The summed E-state index contributed by atoms with van der Waals surface area (Å²) in [7, 11) is 0. The Bertz CT molecular complexity index is 796. The standard InChI is InChI=1S/C20H24FN3O3/c1-4-27-20-14(8-7-11-22-20)12-23-19(26)17(13(2)3)24-18(25)15-9-5-6-10-16(15)21/h5-11,13,17H,4,12H2,1-3H3,(H,23,26)(H,24,25). The first-order chi connectivity index (χ1) is 12.9. The maximum atomic E-state index is 13.8. The van der Waals surface area contributed by atoms with Gasteiger partial charge in [0, 0.05) is 18.3 Å². The summed E-state index contributed by atoms with van der Waals surface area (Å²) in [5, 5.41) is 5.39. The molecule has 6 nitrogen and oxygen atoms in total. The van der Waals surface area contributed by atoms with Crippen LogP contribution >= 0.6 is 0 Å². The van der Waals surface area contributed by atoms with Crippen molar-refractivity contribution in [2.45, 2.75) is 33.4 Å². The fourth-order valence-electron chi connectivity index (χ4n) is 2.52. The van der Waals surface area contributed by atoms with E-state index in [1.54, 1.807) is 24.4 Å². The van der Waals surface area contributed by atoms with E-state index in [0.717, 1.165) is 5.56 Å². The molecule has 1 aromatic heterocycles. The summed E-state index contributed by atoms with van der Waals surface area (Å²) < 4.78 is 19.2. The number of halogens is 1. The van der Waals surface area contributed by atoms with Crippen LogP contribution in [0.5, 0.6) is 5.88 Å². The Morgan fingerprint density at radius 1 is 1.19 bits per heavy atom. The molecule has 1 unspecified atom stereocenters. The number of carbonyl (C=O) groups excluding carboxylic acids is 2. The van der Waals surface area contributed by atoms with Crippen molar-refractivity contribution >= 4 is 11.8 Å². The molecule has 0 radical (unpaired) electrons. The highest BCUT2D eigenvalue weighted by Gasteiger charge is 2.25. The van der Waals surface area contributed by atoms with Gasteiger partial charge in [0.25, 0.3) is 5.91 Å². The predicted molar refractivity (Wildman–Crippen MR) is 99.7 cm³/mol. The number of nitrogens with one attached hydrogen (secondary N) is 2. The summed E-state index contributed by atoms with van der Waals surface area (Å²) in [5.41, 5.74) is 0.637. The third kappa shape index (κ3) is 5.51. The first kappa shape index (κ1) is 20.4. The normalized spacial score (nSPS) is 11.7. The molecule has 2 rings (SSSR count). The molecule has 0 aliphatic heterocycles. The van der Waals surface area contributed by atoms with Crippen molar-refractivity contribution in [2.24, 2.45) is 5.92 Å². The van der Waals surface area contributed by atoms with E-state index in [2.05, 4.69) is 15.6 Å². The minimum absolute atomic E-state index is 0.0955. The molecule has 0 fully saturated rings. The van der Waals surface area contributed by atoms with Crippen LogP contribution in [0.1, 0.15) is 36.7 Å². The fraction of sp³-hybridized carbons (Fsp3) is 0.350. The Morgan fingerprint density at radius 2 is 1.93 bits per heavy atom. The first-order valence-corrected chi connectivity index (χ1v) is 8.83. The number of nitrogens with zero attached hydrogens (tertiary/aromatic N) is 1. The summed E-state index contributed by atoms with van der Waals surface area (Å²) in [4.78, 5) is 29.1. The Morgan fingerprint density at radius 3 is 2.59 bits per heavy atom. The molecular formula is C20H24FN3O3. The lowest BCUT2D eigenvalue weighted by Crippen LogP contribution is -2.49. The average Bonchev–Trinajstić information content (AvgIpc) is 2.65. The van der Waals surface area contributed by atoms with Gasteiger partial charge < -0.3 is 15.4 Å². The molecule has 1 atom stereocenters. The van der Waals surface area contributed by atoms with Gasteiger partial charge in [-0.25, -0.2) is 9.37 Å². The van der Waals surface area contributed by atoms with Crippen LogP contribution in [-0.4, -0.2) is 29.4 Å². The van der Waals surface area contributed by atoms with Gasteiger partial charge in [0.15, 0.2) is 0 Å². The summed E-state index contributed by atoms with van der Waals surface area (Å²) >= 11 is 0. The van der Waals surface area contributed by atoms with Gasteiger partial charge in [0.2, 0.25) is 11.8 Å². The number of ether oxygens (including phenoxy) is 1. The lowest BCUT2D eigenvalue weighted by Gasteiger charge is -2.22. The Labute approximate surface area is 158 Å². The molecule has 0 bridgehead atoms. The molecule has 2 N–H and O–H groups in total. The van der Waals surface area contributed by atoms with Gasteiger partial charge in [-0.15, -0.1) is 0 Å². The van der Waals surface area contributed by atoms with Crippen molar-refractivity contribution in [3.8, 4) is 5.88 Å². The lowest BCUT2D eigenvalue weighted by atomic mass is 10.0. The largest absolute Gasteiger partial charge is 0.478 e. The Balaban J connectivity index is 2.05. The molecule has 144 valence electrons. The third-order valence-electron chi connectivity index (χ3n) is 3.94. The minimum Gasteiger partial charge on any atom is -0.478 e. The van der Waals surface area contributed by atoms with Crippen molar-refractivity contribution in [3.05, 3.63) is 59.5 Å². The summed E-state index contributed by atoms with van der Waals surface area (Å²) in [6, 6.07) is 8.41. The number of amides is 2. The van der Waals surface area contributed by atoms with E-state index in [9.17, 15) is 14.0 Å². The average molecular weight is 373 g/mol. The molecule has 2 aromatic rings. The van der Waals surface area contributed by atoms with Crippen molar-refractivity contribution in [2.75, 3.05) is 6.61 Å². The van der Waals surface area contributed by atoms with Gasteiger partial charge in [0.1, 0.15) is 11.9 Å². The SMILES string of the molecule is CCOc1ncccc1CNC(=O)C(NC(=O)c1ccccc1F)C(C)C. The number of hydrogen-bond acceptors (Lipinski definition) is 4. The van der Waals surface area contributed by atoms with Crippen LogP contribution in [0.2, 0.25) is 0 Å². The van der Waals surface area contributed by atoms with Crippen molar-refractivity contribution in [1.82, 2.24) is 15.6 Å². The molecular weight excluding hydrogens is 349 g/mol. The highest BCUT2D eigenvalue weighted by Crippen LogP contribution is 2.14. The van der Waals surface area contributed by atoms with Crippen molar-refractivity contribution in [1.29, 1.82) is 0 Å². The van der Waals surface area contributed by atoms with E-state index in [4.69, 9.17) is 4.74 Å². The van der Waals surface area contributed by atoms with E-state index in [-0.39, 0.29) is 23.9 Å². The molecule has 0 aliphatic carbocycles. The van der Waals surface area contributed by atoms with Gasteiger partial charge in [0.05, 0.1) is 12.2 Å². The molecule has 0 saturated carbocycles. The molecule has 2 amide bonds. The van der Waals surface area contributed by atoms with Crippen LogP contribution < -0.4 is 15.4 Å². The number of rotatable bonds is 8. The number of aromatic nitrogens is 1. The van der Waals surface area contributed by atoms with E-state index in [0.29, 0.717) is 12.5 Å². The molecule has 1 heterocycles. The molecule has 0 saturated heterocycles. The molecule has 0 aliphatic rings.